The highest BCUT2D eigenvalue weighted by atomic mass is 35.5. The summed E-state index contributed by atoms with van der Waals surface area (Å²) in [5.41, 5.74) is 8.59. The van der Waals surface area contributed by atoms with Gasteiger partial charge in [0, 0.05) is 16.4 Å². The number of rotatable bonds is 4. The molecule has 20 heavy (non-hydrogen) atoms. The van der Waals surface area contributed by atoms with Crippen molar-refractivity contribution in [3.8, 4) is 0 Å². The molecule has 0 heterocycles. The van der Waals surface area contributed by atoms with Crippen molar-refractivity contribution < 1.29 is 4.79 Å². The van der Waals surface area contributed by atoms with Crippen LogP contribution in [0, 0.1) is 0 Å². The van der Waals surface area contributed by atoms with Crippen molar-refractivity contribution in [2.24, 2.45) is 0 Å². The van der Waals surface area contributed by atoms with Crippen molar-refractivity contribution in [1.82, 2.24) is 0 Å². The maximum absolute atomic E-state index is 12.3. The number of anilines is 2. The number of nitrogens with one attached hydrogen (secondary N) is 1. The molecule has 0 aliphatic rings. The van der Waals surface area contributed by atoms with Crippen molar-refractivity contribution in [2.75, 3.05) is 11.1 Å². The number of benzene rings is 2. The van der Waals surface area contributed by atoms with Crippen LogP contribution in [0.2, 0.25) is 5.02 Å². The van der Waals surface area contributed by atoms with Crippen LogP contribution in [0.25, 0.3) is 0 Å². The zero-order valence-electron chi connectivity index (χ0n) is 11.3. The Balaban J connectivity index is 2.23. The molecular formula is C16H17ClN2O. The van der Waals surface area contributed by atoms with E-state index in [0.29, 0.717) is 16.3 Å². The number of amides is 1. The number of hydrogen-bond acceptors (Lipinski definition) is 2. The average molecular weight is 289 g/mol. The zero-order valence-corrected chi connectivity index (χ0v) is 12.1. The first-order chi connectivity index (χ1) is 9.61. The summed E-state index contributed by atoms with van der Waals surface area (Å²) >= 11 is 5.84. The van der Waals surface area contributed by atoms with Crippen LogP contribution in [0.4, 0.5) is 11.4 Å². The number of halogens is 1. The van der Waals surface area contributed by atoms with Crippen LogP contribution in [0.3, 0.4) is 0 Å². The second-order valence-electron chi connectivity index (χ2n) is 4.59. The van der Waals surface area contributed by atoms with E-state index >= 15 is 0 Å². The molecule has 0 aromatic heterocycles. The lowest BCUT2D eigenvalue weighted by Crippen LogP contribution is -2.15. The van der Waals surface area contributed by atoms with E-state index in [-0.39, 0.29) is 5.91 Å². The summed E-state index contributed by atoms with van der Waals surface area (Å²) in [6.07, 6.45) is 1.95. The molecule has 3 nitrogen and oxygen atoms in total. The lowest BCUT2D eigenvalue weighted by molar-refractivity contribution is 0.102. The van der Waals surface area contributed by atoms with Gasteiger partial charge in [-0.3, -0.25) is 4.79 Å². The van der Waals surface area contributed by atoms with Crippen LogP contribution in [-0.2, 0) is 6.42 Å². The van der Waals surface area contributed by atoms with Gasteiger partial charge < -0.3 is 11.1 Å². The summed E-state index contributed by atoms with van der Waals surface area (Å²) in [6.45, 7) is 2.11. The maximum atomic E-state index is 12.3. The molecule has 2 rings (SSSR count). The van der Waals surface area contributed by atoms with Gasteiger partial charge >= 0.3 is 0 Å². The fourth-order valence-electron chi connectivity index (χ4n) is 2.06. The van der Waals surface area contributed by atoms with Gasteiger partial charge in [0.2, 0.25) is 0 Å². The van der Waals surface area contributed by atoms with E-state index in [1.807, 2.05) is 24.3 Å². The van der Waals surface area contributed by atoms with E-state index in [2.05, 4.69) is 12.2 Å². The smallest absolute Gasteiger partial charge is 0.257 e. The van der Waals surface area contributed by atoms with Crippen molar-refractivity contribution in [3.63, 3.8) is 0 Å². The highest BCUT2D eigenvalue weighted by Crippen LogP contribution is 2.21. The van der Waals surface area contributed by atoms with Crippen LogP contribution in [-0.4, -0.2) is 5.91 Å². The molecule has 4 heteroatoms. The Bertz CT molecular complexity index is 626. The summed E-state index contributed by atoms with van der Waals surface area (Å²) < 4.78 is 0. The number of para-hydroxylation sites is 1. The zero-order chi connectivity index (χ0) is 14.5. The molecule has 0 saturated carbocycles. The third-order valence-corrected chi connectivity index (χ3v) is 3.28. The molecule has 0 fully saturated rings. The number of nitrogens with two attached hydrogens (primary N) is 1. The summed E-state index contributed by atoms with van der Waals surface area (Å²) in [7, 11) is 0. The van der Waals surface area contributed by atoms with Crippen molar-refractivity contribution in [1.29, 1.82) is 0 Å². The van der Waals surface area contributed by atoms with Gasteiger partial charge in [-0.2, -0.15) is 0 Å². The van der Waals surface area contributed by atoms with Crippen LogP contribution >= 0.6 is 11.6 Å². The molecule has 0 saturated heterocycles. The predicted octanol–water partition coefficient (Wildman–Crippen LogP) is 4.13. The average Bonchev–Trinajstić information content (AvgIpc) is 2.41. The fourth-order valence-corrected chi connectivity index (χ4v) is 2.24. The van der Waals surface area contributed by atoms with E-state index in [0.717, 1.165) is 24.1 Å². The van der Waals surface area contributed by atoms with Gasteiger partial charge in [0.1, 0.15) is 0 Å². The van der Waals surface area contributed by atoms with Crippen molar-refractivity contribution in [2.45, 2.75) is 19.8 Å². The molecule has 0 aliphatic heterocycles. The summed E-state index contributed by atoms with van der Waals surface area (Å²) in [6, 6.07) is 12.7. The Morgan fingerprint density at radius 1 is 1.25 bits per heavy atom. The van der Waals surface area contributed by atoms with Gasteiger partial charge in [0.05, 0.1) is 5.56 Å². The van der Waals surface area contributed by atoms with E-state index in [4.69, 9.17) is 17.3 Å². The van der Waals surface area contributed by atoms with Crippen molar-refractivity contribution in [3.05, 3.63) is 58.6 Å². The molecule has 0 aliphatic carbocycles. The monoisotopic (exact) mass is 288 g/mol. The largest absolute Gasteiger partial charge is 0.398 e. The van der Waals surface area contributed by atoms with Gasteiger partial charge in [-0.1, -0.05) is 43.1 Å². The van der Waals surface area contributed by atoms with Gasteiger partial charge in [-0.15, -0.1) is 0 Å². The summed E-state index contributed by atoms with van der Waals surface area (Å²) in [5, 5.41) is 3.43. The van der Waals surface area contributed by atoms with Crippen LogP contribution < -0.4 is 11.1 Å². The first kappa shape index (κ1) is 14.4. The number of carbonyl (C=O) groups is 1. The number of aryl methyl sites for hydroxylation is 1. The van der Waals surface area contributed by atoms with Crippen LogP contribution in [0.15, 0.2) is 42.5 Å². The van der Waals surface area contributed by atoms with E-state index in [1.54, 1.807) is 18.2 Å². The summed E-state index contributed by atoms with van der Waals surface area (Å²) in [4.78, 5) is 12.3. The van der Waals surface area contributed by atoms with E-state index < -0.39 is 0 Å². The lowest BCUT2D eigenvalue weighted by Gasteiger charge is -2.11. The minimum atomic E-state index is -0.220. The number of nitrogen functional groups attached to an aromatic ring is 1. The molecule has 0 spiro atoms. The topological polar surface area (TPSA) is 55.1 Å². The Hall–Kier alpha value is -2.00. The molecule has 1 amide bonds. The molecule has 2 aromatic rings. The molecule has 104 valence electrons. The molecule has 2 aromatic carbocycles. The SMILES string of the molecule is CCCc1ccccc1NC(=O)c1ccc(Cl)cc1N. The Labute approximate surface area is 123 Å². The third-order valence-electron chi connectivity index (χ3n) is 3.04. The number of hydrogen-bond donors (Lipinski definition) is 2. The van der Waals surface area contributed by atoms with Gasteiger partial charge in [-0.05, 0) is 36.2 Å². The highest BCUT2D eigenvalue weighted by molar-refractivity contribution is 6.31. The molecule has 0 radical (unpaired) electrons. The second-order valence-corrected chi connectivity index (χ2v) is 5.03. The molecule has 0 bridgehead atoms. The van der Waals surface area contributed by atoms with Gasteiger partial charge in [-0.25, -0.2) is 0 Å². The lowest BCUT2D eigenvalue weighted by atomic mass is 10.1. The van der Waals surface area contributed by atoms with Crippen molar-refractivity contribution >= 4 is 28.9 Å². The Morgan fingerprint density at radius 3 is 2.70 bits per heavy atom. The predicted molar refractivity (Wildman–Crippen MR) is 84.3 cm³/mol. The fraction of sp³-hybridized carbons (Fsp3) is 0.188. The minimum absolute atomic E-state index is 0.220. The molecule has 0 atom stereocenters. The van der Waals surface area contributed by atoms with Crippen LogP contribution in [0.5, 0.6) is 0 Å². The first-order valence-electron chi connectivity index (χ1n) is 6.56. The molecular weight excluding hydrogens is 272 g/mol. The third kappa shape index (κ3) is 3.31. The van der Waals surface area contributed by atoms with Gasteiger partial charge in [0.25, 0.3) is 5.91 Å². The first-order valence-corrected chi connectivity index (χ1v) is 6.94. The normalized spacial score (nSPS) is 10.3. The minimum Gasteiger partial charge on any atom is -0.398 e. The highest BCUT2D eigenvalue weighted by Gasteiger charge is 2.11. The van der Waals surface area contributed by atoms with Gasteiger partial charge in [0.15, 0.2) is 0 Å². The second kappa shape index (κ2) is 6.44. The number of carbonyl (C=O) groups excluding carboxylic acids is 1. The molecule has 0 unspecified atom stereocenters. The summed E-state index contributed by atoms with van der Waals surface area (Å²) in [5.74, 6) is -0.220. The standard InChI is InChI=1S/C16H17ClN2O/c1-2-5-11-6-3-4-7-15(11)19-16(20)13-9-8-12(17)10-14(13)18/h3-4,6-10H,2,5,18H2,1H3,(H,19,20). The van der Waals surface area contributed by atoms with E-state index in [1.165, 1.54) is 0 Å². The molecule has 3 N–H and O–H groups in total. The van der Waals surface area contributed by atoms with E-state index in [9.17, 15) is 4.79 Å². The quantitative estimate of drug-likeness (QED) is 0.831. The van der Waals surface area contributed by atoms with Crippen LogP contribution in [0.1, 0.15) is 29.3 Å². The maximum Gasteiger partial charge on any atom is 0.257 e. The Kier molecular flexibility index (Phi) is 4.64. The Morgan fingerprint density at radius 2 is 2.00 bits per heavy atom.